The molecule has 0 aliphatic carbocycles. The van der Waals surface area contributed by atoms with Gasteiger partial charge in [0.1, 0.15) is 11.3 Å². The topological polar surface area (TPSA) is 83.1 Å². The van der Waals surface area contributed by atoms with Crippen LogP contribution in [0.4, 0.5) is 0 Å². The number of H-pyrrole nitrogens is 1. The van der Waals surface area contributed by atoms with E-state index in [0.717, 1.165) is 42.4 Å². The van der Waals surface area contributed by atoms with Gasteiger partial charge in [0.2, 0.25) is 0 Å². The highest BCUT2D eigenvalue weighted by molar-refractivity contribution is 7.92. The van der Waals surface area contributed by atoms with E-state index in [0.29, 0.717) is 22.2 Å². The van der Waals surface area contributed by atoms with Gasteiger partial charge in [-0.1, -0.05) is 42.5 Å². The summed E-state index contributed by atoms with van der Waals surface area (Å²) in [5.41, 5.74) is 4.29. The predicted molar refractivity (Wildman–Crippen MR) is 138 cm³/mol. The summed E-state index contributed by atoms with van der Waals surface area (Å²) in [4.78, 5) is 23.1. The van der Waals surface area contributed by atoms with Crippen molar-refractivity contribution in [2.45, 2.75) is 42.8 Å². The Bertz CT molecular complexity index is 1450. The van der Waals surface area contributed by atoms with Gasteiger partial charge in [-0.25, -0.2) is 13.4 Å². The Labute approximate surface area is 205 Å². The van der Waals surface area contributed by atoms with Crippen LogP contribution in [-0.2, 0) is 9.84 Å². The highest BCUT2D eigenvalue weighted by Crippen LogP contribution is 2.29. The number of likely N-dealkylation sites (tertiary alicyclic amines) is 1. The fourth-order valence-corrected chi connectivity index (χ4v) is 5.77. The van der Waals surface area contributed by atoms with E-state index in [2.05, 4.69) is 34.2 Å². The van der Waals surface area contributed by atoms with E-state index in [4.69, 9.17) is 0 Å². The van der Waals surface area contributed by atoms with Gasteiger partial charge in [-0.3, -0.25) is 4.79 Å². The SMILES string of the molecule is CC(C)S(=O)(=O)c1ccc(-c2cnc3[nH]c(C(=O)N4CCC(c5ccccc5)CC4)cc3c2)cc1. The summed E-state index contributed by atoms with van der Waals surface area (Å²) in [7, 11) is -3.31. The number of aromatic nitrogens is 2. The van der Waals surface area contributed by atoms with Gasteiger partial charge in [0.15, 0.2) is 9.84 Å². The number of hydrogen-bond acceptors (Lipinski definition) is 4. The van der Waals surface area contributed by atoms with E-state index < -0.39 is 15.1 Å². The number of hydrogen-bond donors (Lipinski definition) is 1. The molecular formula is C28H29N3O3S. The van der Waals surface area contributed by atoms with E-state index in [1.165, 1.54) is 5.56 Å². The van der Waals surface area contributed by atoms with Gasteiger partial charge < -0.3 is 9.88 Å². The average molecular weight is 488 g/mol. The minimum absolute atomic E-state index is 0.000642. The van der Waals surface area contributed by atoms with Gasteiger partial charge in [-0.05, 0) is 68.0 Å². The van der Waals surface area contributed by atoms with Gasteiger partial charge >= 0.3 is 0 Å². The molecule has 0 bridgehead atoms. The molecule has 0 saturated carbocycles. The fourth-order valence-electron chi connectivity index (χ4n) is 4.71. The molecule has 1 N–H and O–H groups in total. The summed E-state index contributed by atoms with van der Waals surface area (Å²) >= 11 is 0. The molecule has 0 spiro atoms. The monoisotopic (exact) mass is 487 g/mol. The van der Waals surface area contributed by atoms with Crippen LogP contribution in [0.2, 0.25) is 0 Å². The Balaban J connectivity index is 1.31. The minimum Gasteiger partial charge on any atom is -0.337 e. The normalized spacial score (nSPS) is 15.1. The summed E-state index contributed by atoms with van der Waals surface area (Å²) < 4.78 is 24.8. The van der Waals surface area contributed by atoms with Gasteiger partial charge in [0.25, 0.3) is 5.91 Å². The molecule has 7 heteroatoms. The lowest BCUT2D eigenvalue weighted by molar-refractivity contribution is 0.0708. The highest BCUT2D eigenvalue weighted by Gasteiger charge is 2.25. The van der Waals surface area contributed by atoms with Crippen molar-refractivity contribution >= 4 is 26.8 Å². The number of carbonyl (C=O) groups is 1. The molecule has 180 valence electrons. The maximum Gasteiger partial charge on any atom is 0.270 e. The Morgan fingerprint density at radius 1 is 0.971 bits per heavy atom. The van der Waals surface area contributed by atoms with E-state index in [1.807, 2.05) is 23.1 Å². The quantitative estimate of drug-likeness (QED) is 0.407. The van der Waals surface area contributed by atoms with Crippen LogP contribution >= 0.6 is 0 Å². The summed E-state index contributed by atoms with van der Waals surface area (Å²) in [6, 6.07) is 21.2. The summed E-state index contributed by atoms with van der Waals surface area (Å²) in [5, 5.41) is 0.384. The van der Waals surface area contributed by atoms with Crippen molar-refractivity contribution in [1.29, 1.82) is 0 Å². The lowest BCUT2D eigenvalue weighted by Gasteiger charge is -2.32. The molecule has 35 heavy (non-hydrogen) atoms. The average Bonchev–Trinajstić information content (AvgIpc) is 3.32. The number of fused-ring (bicyclic) bond motifs is 1. The number of nitrogens with one attached hydrogen (secondary N) is 1. The molecule has 2 aromatic heterocycles. The molecule has 1 aliphatic rings. The van der Waals surface area contributed by atoms with E-state index in [-0.39, 0.29) is 5.91 Å². The zero-order valence-electron chi connectivity index (χ0n) is 19.9. The van der Waals surface area contributed by atoms with Crippen LogP contribution in [-0.4, -0.2) is 47.5 Å². The largest absolute Gasteiger partial charge is 0.337 e. The second kappa shape index (κ2) is 9.30. The molecule has 1 aliphatic heterocycles. The number of rotatable bonds is 5. The molecular weight excluding hydrogens is 458 g/mol. The lowest BCUT2D eigenvalue weighted by atomic mass is 9.89. The number of pyridine rings is 1. The Hall–Kier alpha value is -3.45. The number of piperidine rings is 1. The van der Waals surface area contributed by atoms with Gasteiger partial charge in [0.05, 0.1) is 10.1 Å². The molecule has 2 aromatic carbocycles. The summed E-state index contributed by atoms with van der Waals surface area (Å²) in [5.74, 6) is 0.494. The van der Waals surface area contributed by atoms with Crippen molar-refractivity contribution in [2.24, 2.45) is 0 Å². The van der Waals surface area contributed by atoms with Crippen LogP contribution in [0.5, 0.6) is 0 Å². The van der Waals surface area contributed by atoms with Crippen molar-refractivity contribution in [2.75, 3.05) is 13.1 Å². The standard InChI is InChI=1S/C28H29N3O3S/c1-19(2)35(33,34)25-10-8-21(9-11-25)24-16-23-17-26(30-27(23)29-18-24)28(32)31-14-12-22(13-15-31)20-6-4-3-5-7-20/h3-11,16-19,22H,12-15H2,1-2H3,(H,29,30). The third kappa shape index (κ3) is 4.60. The van der Waals surface area contributed by atoms with Crippen LogP contribution in [0.15, 0.2) is 77.8 Å². The zero-order chi connectivity index (χ0) is 24.6. The summed E-state index contributed by atoms with van der Waals surface area (Å²) in [6.45, 7) is 4.82. The number of aromatic amines is 1. The smallest absolute Gasteiger partial charge is 0.270 e. The molecule has 0 unspecified atom stereocenters. The maximum atomic E-state index is 13.2. The van der Waals surface area contributed by atoms with Gasteiger partial charge in [-0.15, -0.1) is 0 Å². The minimum atomic E-state index is -3.31. The first-order valence-electron chi connectivity index (χ1n) is 12.0. The molecule has 1 amide bonds. The van der Waals surface area contributed by atoms with Crippen LogP contribution in [0.25, 0.3) is 22.2 Å². The molecule has 5 rings (SSSR count). The summed E-state index contributed by atoms with van der Waals surface area (Å²) in [6.07, 6.45) is 3.66. The zero-order valence-corrected chi connectivity index (χ0v) is 20.8. The Morgan fingerprint density at radius 2 is 1.66 bits per heavy atom. The Kier molecular flexibility index (Phi) is 6.19. The molecule has 0 radical (unpaired) electrons. The first-order chi connectivity index (χ1) is 16.8. The van der Waals surface area contributed by atoms with Crippen molar-refractivity contribution in [1.82, 2.24) is 14.9 Å². The molecule has 0 atom stereocenters. The van der Waals surface area contributed by atoms with Crippen molar-refractivity contribution < 1.29 is 13.2 Å². The number of nitrogens with zero attached hydrogens (tertiary/aromatic N) is 2. The fraction of sp³-hybridized carbons (Fsp3) is 0.286. The molecule has 4 aromatic rings. The molecule has 1 saturated heterocycles. The van der Waals surface area contributed by atoms with Crippen LogP contribution in [0, 0.1) is 0 Å². The van der Waals surface area contributed by atoms with Crippen molar-refractivity contribution in [3.63, 3.8) is 0 Å². The first kappa shape index (κ1) is 23.3. The Morgan fingerprint density at radius 3 is 2.31 bits per heavy atom. The van der Waals surface area contributed by atoms with Crippen LogP contribution < -0.4 is 0 Å². The molecule has 3 heterocycles. The van der Waals surface area contributed by atoms with Crippen molar-refractivity contribution in [3.05, 3.63) is 84.2 Å². The van der Waals surface area contributed by atoms with E-state index in [9.17, 15) is 13.2 Å². The molecule has 1 fully saturated rings. The van der Waals surface area contributed by atoms with Gasteiger partial charge in [-0.2, -0.15) is 0 Å². The lowest BCUT2D eigenvalue weighted by Crippen LogP contribution is -2.38. The van der Waals surface area contributed by atoms with Crippen LogP contribution in [0.3, 0.4) is 0 Å². The first-order valence-corrected chi connectivity index (χ1v) is 13.5. The number of carbonyl (C=O) groups excluding carboxylic acids is 1. The third-order valence-electron chi connectivity index (χ3n) is 6.89. The molecule has 6 nitrogen and oxygen atoms in total. The van der Waals surface area contributed by atoms with Gasteiger partial charge in [0, 0.05) is 30.2 Å². The van der Waals surface area contributed by atoms with E-state index >= 15 is 0 Å². The number of amides is 1. The second-order valence-corrected chi connectivity index (χ2v) is 11.9. The van der Waals surface area contributed by atoms with Crippen molar-refractivity contribution in [3.8, 4) is 11.1 Å². The second-order valence-electron chi connectivity index (χ2n) is 9.44. The predicted octanol–water partition coefficient (Wildman–Crippen LogP) is 5.43. The third-order valence-corrected chi connectivity index (χ3v) is 9.06. The highest BCUT2D eigenvalue weighted by atomic mass is 32.2. The number of benzene rings is 2. The maximum absolute atomic E-state index is 13.2. The number of sulfone groups is 1. The van der Waals surface area contributed by atoms with E-state index in [1.54, 1.807) is 44.3 Å². The van der Waals surface area contributed by atoms with Crippen LogP contribution in [0.1, 0.15) is 48.7 Å².